The number of carbonyl (C=O) groups is 2. The summed E-state index contributed by atoms with van der Waals surface area (Å²) in [6.45, 7) is 1.42. The molecule has 2 rings (SSSR count). The van der Waals surface area contributed by atoms with Crippen LogP contribution in [0.25, 0.3) is 11.1 Å². The average molecular weight is 361 g/mol. The Morgan fingerprint density at radius 1 is 1.04 bits per heavy atom. The molecule has 0 aliphatic carbocycles. The van der Waals surface area contributed by atoms with Gasteiger partial charge in [-0.1, -0.05) is 29.4 Å². The molecule has 1 atom stereocenters. The number of nitrogens with one attached hydrogen (secondary N) is 2. The van der Waals surface area contributed by atoms with E-state index < -0.39 is 29.5 Å². The van der Waals surface area contributed by atoms with Gasteiger partial charge in [0.05, 0.1) is 5.56 Å². The number of amides is 2. The second kappa shape index (κ2) is 8.80. The van der Waals surface area contributed by atoms with Crippen LogP contribution in [0.3, 0.4) is 0 Å². The number of hydrogen-bond acceptors (Lipinski definition) is 4. The van der Waals surface area contributed by atoms with E-state index in [1.54, 1.807) is 6.07 Å². The van der Waals surface area contributed by atoms with Gasteiger partial charge in [0.2, 0.25) is 5.91 Å². The molecule has 0 spiro atoms. The van der Waals surface area contributed by atoms with E-state index in [0.717, 1.165) is 6.07 Å². The Morgan fingerprint density at radius 2 is 1.73 bits per heavy atom. The Bertz CT molecular complexity index is 827. The lowest BCUT2D eigenvalue weighted by Crippen LogP contribution is -2.38. The molecule has 2 amide bonds. The number of nitrogens with zero attached hydrogens (tertiary/aromatic N) is 1. The minimum atomic E-state index is -1.03. The van der Waals surface area contributed by atoms with Gasteiger partial charge in [0, 0.05) is 18.7 Å². The molecular formula is C18H17F2N3O3. The quantitative estimate of drug-likeness (QED) is 0.587. The molecule has 2 N–H and O–H groups in total. The van der Waals surface area contributed by atoms with Gasteiger partial charge < -0.3 is 10.6 Å². The summed E-state index contributed by atoms with van der Waals surface area (Å²) in [6, 6.07) is 8.69. The largest absolute Gasteiger partial charge is 0.352 e. The monoisotopic (exact) mass is 361 g/mol. The van der Waals surface area contributed by atoms with Crippen molar-refractivity contribution in [2.45, 2.75) is 13.0 Å². The van der Waals surface area contributed by atoms with Crippen molar-refractivity contribution in [3.05, 3.63) is 64.6 Å². The molecule has 0 bridgehead atoms. The van der Waals surface area contributed by atoms with Crippen molar-refractivity contribution in [1.82, 2.24) is 10.6 Å². The van der Waals surface area contributed by atoms with Crippen molar-refractivity contribution in [2.75, 3.05) is 13.1 Å². The third-order valence-corrected chi connectivity index (χ3v) is 3.64. The fourth-order valence-electron chi connectivity index (χ4n) is 2.21. The molecule has 0 fully saturated rings. The third-order valence-electron chi connectivity index (χ3n) is 3.64. The Hall–Kier alpha value is -3.16. The van der Waals surface area contributed by atoms with E-state index in [1.807, 2.05) is 0 Å². The summed E-state index contributed by atoms with van der Waals surface area (Å²) in [7, 11) is 0. The van der Waals surface area contributed by atoms with Crippen molar-refractivity contribution < 1.29 is 18.4 Å². The van der Waals surface area contributed by atoms with Crippen LogP contribution in [-0.2, 0) is 4.79 Å². The molecule has 136 valence electrons. The van der Waals surface area contributed by atoms with Crippen LogP contribution >= 0.6 is 0 Å². The molecule has 6 nitrogen and oxygen atoms in total. The average Bonchev–Trinajstić information content (AvgIpc) is 2.65. The Balaban J connectivity index is 2.03. The van der Waals surface area contributed by atoms with Gasteiger partial charge in [0.15, 0.2) is 6.04 Å². The van der Waals surface area contributed by atoms with Crippen LogP contribution in [0.15, 0.2) is 47.6 Å². The predicted octanol–water partition coefficient (Wildman–Crippen LogP) is 2.63. The molecule has 2 aromatic carbocycles. The second-order valence-electron chi connectivity index (χ2n) is 5.50. The van der Waals surface area contributed by atoms with Gasteiger partial charge in [-0.15, -0.1) is 4.91 Å². The zero-order valence-corrected chi connectivity index (χ0v) is 14.0. The van der Waals surface area contributed by atoms with Crippen LogP contribution in [0.5, 0.6) is 0 Å². The van der Waals surface area contributed by atoms with Gasteiger partial charge in [-0.05, 0) is 30.7 Å². The fourth-order valence-corrected chi connectivity index (χ4v) is 2.21. The van der Waals surface area contributed by atoms with Crippen LogP contribution in [0.2, 0.25) is 0 Å². The maximum absolute atomic E-state index is 14.0. The second-order valence-corrected chi connectivity index (χ2v) is 5.50. The number of hydrogen-bond donors (Lipinski definition) is 2. The highest BCUT2D eigenvalue weighted by molar-refractivity contribution is 5.95. The fraction of sp³-hybridized carbons (Fsp3) is 0.222. The molecule has 2 aromatic rings. The highest BCUT2D eigenvalue weighted by Gasteiger charge is 2.15. The van der Waals surface area contributed by atoms with Gasteiger partial charge in [0.25, 0.3) is 5.91 Å². The SMILES string of the molecule is C[C@H](N=O)C(=O)NCCNC(=O)c1cc(-c2ccccc2F)ccc1F. The molecule has 26 heavy (non-hydrogen) atoms. The first-order valence-corrected chi connectivity index (χ1v) is 7.87. The van der Waals surface area contributed by atoms with E-state index in [1.165, 1.54) is 37.3 Å². The van der Waals surface area contributed by atoms with Gasteiger partial charge in [-0.3, -0.25) is 9.59 Å². The lowest BCUT2D eigenvalue weighted by atomic mass is 10.0. The molecule has 0 radical (unpaired) electrons. The number of carbonyl (C=O) groups excluding carboxylic acids is 2. The summed E-state index contributed by atoms with van der Waals surface area (Å²) in [5.74, 6) is -2.49. The molecule has 0 saturated carbocycles. The smallest absolute Gasteiger partial charge is 0.254 e. The topological polar surface area (TPSA) is 87.6 Å². The van der Waals surface area contributed by atoms with E-state index in [4.69, 9.17) is 0 Å². The summed E-state index contributed by atoms with van der Waals surface area (Å²) in [5, 5.41) is 7.44. The Labute approximate surface area is 148 Å². The normalized spacial score (nSPS) is 11.5. The van der Waals surface area contributed by atoms with Crippen LogP contribution in [-0.4, -0.2) is 30.9 Å². The molecule has 0 aromatic heterocycles. The van der Waals surface area contributed by atoms with Crippen molar-refractivity contribution in [3.8, 4) is 11.1 Å². The number of benzene rings is 2. The first-order valence-electron chi connectivity index (χ1n) is 7.87. The molecule has 0 aliphatic rings. The van der Waals surface area contributed by atoms with E-state index >= 15 is 0 Å². The first kappa shape index (κ1) is 19.2. The minimum Gasteiger partial charge on any atom is -0.352 e. The van der Waals surface area contributed by atoms with E-state index in [9.17, 15) is 23.3 Å². The lowest BCUT2D eigenvalue weighted by Gasteiger charge is -2.10. The summed E-state index contributed by atoms with van der Waals surface area (Å²) >= 11 is 0. The third kappa shape index (κ3) is 4.69. The standard InChI is InChI=1S/C18H17F2N3O3/c1-11(23-26)17(24)21-8-9-22-18(25)14-10-12(6-7-16(14)20)13-4-2-3-5-15(13)19/h2-7,10-11H,8-9H2,1H3,(H,21,24)(H,22,25)/t11-/m0/s1. The van der Waals surface area contributed by atoms with Gasteiger partial charge in [-0.2, -0.15) is 0 Å². The minimum absolute atomic E-state index is 0.0273. The van der Waals surface area contributed by atoms with Crippen LogP contribution in [0.4, 0.5) is 8.78 Å². The summed E-state index contributed by atoms with van der Waals surface area (Å²) in [4.78, 5) is 33.7. The predicted molar refractivity (Wildman–Crippen MR) is 92.4 cm³/mol. The van der Waals surface area contributed by atoms with E-state index in [0.29, 0.717) is 5.56 Å². The highest BCUT2D eigenvalue weighted by Crippen LogP contribution is 2.24. The Kier molecular flexibility index (Phi) is 6.48. The molecule has 8 heteroatoms. The summed E-state index contributed by atoms with van der Waals surface area (Å²) in [6.07, 6.45) is 0. The van der Waals surface area contributed by atoms with Gasteiger partial charge in [-0.25, -0.2) is 8.78 Å². The van der Waals surface area contributed by atoms with Crippen LogP contribution in [0.1, 0.15) is 17.3 Å². The number of halogens is 2. The first-order chi connectivity index (χ1) is 12.4. The zero-order chi connectivity index (χ0) is 19.1. The molecule has 0 aliphatic heterocycles. The number of rotatable bonds is 7. The maximum atomic E-state index is 14.0. The van der Waals surface area contributed by atoms with Crippen molar-refractivity contribution in [1.29, 1.82) is 0 Å². The summed E-state index contributed by atoms with van der Waals surface area (Å²) < 4.78 is 27.8. The highest BCUT2D eigenvalue weighted by atomic mass is 19.1. The van der Waals surface area contributed by atoms with Gasteiger partial charge in [0.1, 0.15) is 11.6 Å². The molecular weight excluding hydrogens is 344 g/mol. The number of nitroso groups, excluding NO2 is 1. The van der Waals surface area contributed by atoms with Crippen LogP contribution < -0.4 is 10.6 Å². The van der Waals surface area contributed by atoms with Crippen LogP contribution in [0, 0.1) is 16.5 Å². The lowest BCUT2D eigenvalue weighted by molar-refractivity contribution is -0.121. The molecule has 0 heterocycles. The Morgan fingerprint density at radius 3 is 2.42 bits per heavy atom. The maximum Gasteiger partial charge on any atom is 0.254 e. The van der Waals surface area contributed by atoms with Crippen molar-refractivity contribution in [2.24, 2.45) is 5.18 Å². The van der Waals surface area contributed by atoms with Crippen molar-refractivity contribution >= 4 is 11.8 Å². The van der Waals surface area contributed by atoms with Gasteiger partial charge >= 0.3 is 0 Å². The van der Waals surface area contributed by atoms with E-state index in [-0.39, 0.29) is 24.2 Å². The summed E-state index contributed by atoms with van der Waals surface area (Å²) in [5.41, 5.74) is 0.387. The van der Waals surface area contributed by atoms with Crippen molar-refractivity contribution in [3.63, 3.8) is 0 Å². The molecule has 0 saturated heterocycles. The zero-order valence-electron chi connectivity index (χ0n) is 14.0. The molecule has 0 unspecified atom stereocenters. The van der Waals surface area contributed by atoms with E-state index in [2.05, 4.69) is 15.8 Å².